The maximum absolute atomic E-state index is 9.39. The van der Waals surface area contributed by atoms with Crippen LogP contribution in [0, 0.1) is 18.3 Å². The van der Waals surface area contributed by atoms with Crippen LogP contribution in [0.1, 0.15) is 17.0 Å². The summed E-state index contributed by atoms with van der Waals surface area (Å²) in [5.74, 6) is 0.598. The molecule has 1 heterocycles. The number of halogens is 1. The van der Waals surface area contributed by atoms with Gasteiger partial charge in [0.2, 0.25) is 0 Å². The van der Waals surface area contributed by atoms with Crippen LogP contribution in [0.4, 0.5) is 0 Å². The van der Waals surface area contributed by atoms with Gasteiger partial charge >= 0.3 is 0 Å². The Kier molecular flexibility index (Phi) is 3.59. The molecule has 0 saturated heterocycles. The third-order valence-electron chi connectivity index (χ3n) is 3.19. The summed E-state index contributed by atoms with van der Waals surface area (Å²) < 4.78 is 1.01. The smallest absolute Gasteiger partial charge is 0.149 e. The zero-order valence-corrected chi connectivity index (χ0v) is 13.0. The van der Waals surface area contributed by atoms with Crippen molar-refractivity contribution in [3.05, 3.63) is 63.9 Å². The summed E-state index contributed by atoms with van der Waals surface area (Å²) in [5, 5.41) is 9.39. The van der Waals surface area contributed by atoms with Crippen molar-refractivity contribution in [1.82, 2.24) is 9.97 Å². The van der Waals surface area contributed by atoms with Crippen molar-refractivity contribution in [1.29, 1.82) is 5.26 Å². The van der Waals surface area contributed by atoms with Crippen LogP contribution >= 0.6 is 15.9 Å². The van der Waals surface area contributed by atoms with Crippen molar-refractivity contribution >= 4 is 38.6 Å². The van der Waals surface area contributed by atoms with Gasteiger partial charge in [-0.1, -0.05) is 34.1 Å². The second kappa shape index (κ2) is 5.55. The number of imidazole rings is 1. The van der Waals surface area contributed by atoms with E-state index < -0.39 is 0 Å². The van der Waals surface area contributed by atoms with E-state index in [9.17, 15) is 5.26 Å². The van der Waals surface area contributed by atoms with E-state index in [4.69, 9.17) is 0 Å². The number of nitriles is 1. The Morgan fingerprint density at radius 3 is 2.71 bits per heavy atom. The number of hydrogen-bond acceptors (Lipinski definition) is 2. The molecule has 0 aliphatic heterocycles. The molecule has 0 fully saturated rings. The molecule has 0 radical (unpaired) electrons. The van der Waals surface area contributed by atoms with Crippen LogP contribution < -0.4 is 0 Å². The zero-order valence-electron chi connectivity index (χ0n) is 11.4. The number of nitrogens with zero attached hydrogens (tertiary/aromatic N) is 2. The summed E-state index contributed by atoms with van der Waals surface area (Å²) >= 11 is 3.40. The summed E-state index contributed by atoms with van der Waals surface area (Å²) in [6, 6.07) is 16.0. The van der Waals surface area contributed by atoms with Crippen molar-refractivity contribution in [2.75, 3.05) is 0 Å². The molecule has 3 aromatic rings. The molecule has 3 nitrogen and oxygen atoms in total. The molecule has 0 saturated carbocycles. The lowest BCUT2D eigenvalue weighted by Crippen LogP contribution is -1.84. The summed E-state index contributed by atoms with van der Waals surface area (Å²) in [4.78, 5) is 7.69. The van der Waals surface area contributed by atoms with Gasteiger partial charge in [0, 0.05) is 4.47 Å². The molecule has 0 unspecified atom stereocenters. The van der Waals surface area contributed by atoms with Gasteiger partial charge in [-0.05, 0) is 48.4 Å². The lowest BCUT2D eigenvalue weighted by molar-refractivity contribution is 1.27. The molecule has 3 rings (SSSR count). The van der Waals surface area contributed by atoms with Crippen molar-refractivity contribution in [3.63, 3.8) is 0 Å². The van der Waals surface area contributed by atoms with Crippen LogP contribution in [0.2, 0.25) is 0 Å². The number of aromatic nitrogens is 2. The first-order chi connectivity index (χ1) is 10.2. The Bertz CT molecular complexity index is 867. The maximum Gasteiger partial charge on any atom is 0.149 e. The van der Waals surface area contributed by atoms with Crippen LogP contribution in [0.25, 0.3) is 22.7 Å². The Balaban J connectivity index is 2.05. The third-order valence-corrected chi connectivity index (χ3v) is 3.72. The molecule has 0 amide bonds. The van der Waals surface area contributed by atoms with Gasteiger partial charge in [0.15, 0.2) is 0 Å². The van der Waals surface area contributed by atoms with Gasteiger partial charge in [0.25, 0.3) is 0 Å². The molecule has 0 atom stereocenters. The number of benzene rings is 2. The zero-order chi connectivity index (χ0) is 14.8. The summed E-state index contributed by atoms with van der Waals surface area (Å²) in [5.41, 5.74) is 4.46. The molecular weight excluding hydrogens is 326 g/mol. The summed E-state index contributed by atoms with van der Waals surface area (Å²) in [6.07, 6.45) is 1.83. The highest BCUT2D eigenvalue weighted by Gasteiger charge is 2.08. The van der Waals surface area contributed by atoms with Gasteiger partial charge in [-0.25, -0.2) is 4.98 Å². The topological polar surface area (TPSA) is 52.5 Å². The summed E-state index contributed by atoms with van der Waals surface area (Å²) in [6.45, 7) is 2.03. The molecule has 2 aromatic carbocycles. The average Bonchev–Trinajstić information content (AvgIpc) is 2.89. The van der Waals surface area contributed by atoms with E-state index in [2.05, 4.69) is 32.0 Å². The van der Waals surface area contributed by atoms with Gasteiger partial charge in [-0.15, -0.1) is 0 Å². The van der Waals surface area contributed by atoms with Gasteiger partial charge < -0.3 is 4.98 Å². The molecule has 21 heavy (non-hydrogen) atoms. The van der Waals surface area contributed by atoms with E-state index in [-0.39, 0.29) is 0 Å². The molecule has 0 spiro atoms. The van der Waals surface area contributed by atoms with Crippen molar-refractivity contribution < 1.29 is 0 Å². The number of aromatic amines is 1. The highest BCUT2D eigenvalue weighted by atomic mass is 79.9. The van der Waals surface area contributed by atoms with E-state index in [0.29, 0.717) is 11.4 Å². The molecular formula is C17H12BrN3. The Hall–Kier alpha value is -2.38. The minimum absolute atomic E-state index is 0.520. The first-order valence-electron chi connectivity index (χ1n) is 6.50. The lowest BCUT2D eigenvalue weighted by atomic mass is 10.1. The number of nitrogens with one attached hydrogen (secondary N) is 1. The largest absolute Gasteiger partial charge is 0.337 e. The van der Waals surface area contributed by atoms with Gasteiger partial charge in [0.05, 0.1) is 16.6 Å². The maximum atomic E-state index is 9.39. The number of allylic oxidation sites excluding steroid dienone is 1. The Morgan fingerprint density at radius 1 is 1.24 bits per heavy atom. The molecule has 4 heteroatoms. The molecule has 0 aliphatic carbocycles. The van der Waals surface area contributed by atoms with E-state index in [1.807, 2.05) is 55.5 Å². The molecule has 1 aromatic heterocycles. The highest BCUT2D eigenvalue weighted by Crippen LogP contribution is 2.20. The molecule has 0 aliphatic rings. The standard InChI is InChI=1S/C17H12BrN3/c1-11-2-7-15-16(8-11)21-17(20-15)13(10-19)9-12-3-5-14(18)6-4-12/h2-9H,1H3,(H,20,21). The van der Waals surface area contributed by atoms with E-state index in [0.717, 1.165) is 26.6 Å². The van der Waals surface area contributed by atoms with Crippen LogP contribution in [-0.4, -0.2) is 9.97 Å². The second-order valence-corrected chi connectivity index (χ2v) is 5.74. The van der Waals surface area contributed by atoms with Gasteiger partial charge in [0.1, 0.15) is 11.9 Å². The number of fused-ring (bicyclic) bond motifs is 1. The average molecular weight is 338 g/mol. The fourth-order valence-corrected chi connectivity index (χ4v) is 2.39. The van der Waals surface area contributed by atoms with E-state index in [1.165, 1.54) is 0 Å². The van der Waals surface area contributed by atoms with Gasteiger partial charge in [-0.3, -0.25) is 0 Å². The first kappa shape index (κ1) is 13.6. The van der Waals surface area contributed by atoms with Gasteiger partial charge in [-0.2, -0.15) is 5.26 Å². The fraction of sp³-hybridized carbons (Fsp3) is 0.0588. The normalized spacial score (nSPS) is 11.6. The predicted octanol–water partition coefficient (Wildman–Crippen LogP) is 4.70. The highest BCUT2D eigenvalue weighted by molar-refractivity contribution is 9.10. The van der Waals surface area contributed by atoms with Crippen LogP contribution in [0.15, 0.2) is 46.9 Å². The van der Waals surface area contributed by atoms with Crippen molar-refractivity contribution in [2.24, 2.45) is 0 Å². The quantitative estimate of drug-likeness (QED) is 0.689. The molecule has 1 N–H and O–H groups in total. The number of rotatable bonds is 2. The number of H-pyrrole nitrogens is 1. The van der Waals surface area contributed by atoms with E-state index in [1.54, 1.807) is 0 Å². The van der Waals surface area contributed by atoms with Crippen molar-refractivity contribution in [2.45, 2.75) is 6.92 Å². The second-order valence-electron chi connectivity index (χ2n) is 4.83. The SMILES string of the molecule is Cc1ccc2nc(C(C#N)=Cc3ccc(Br)cc3)[nH]c2c1. The predicted molar refractivity (Wildman–Crippen MR) is 88.5 cm³/mol. The van der Waals surface area contributed by atoms with Crippen LogP contribution in [0.3, 0.4) is 0 Å². The van der Waals surface area contributed by atoms with Crippen molar-refractivity contribution in [3.8, 4) is 6.07 Å². The van der Waals surface area contributed by atoms with E-state index >= 15 is 0 Å². The monoisotopic (exact) mass is 337 g/mol. The number of aryl methyl sites for hydroxylation is 1. The molecule has 102 valence electrons. The minimum Gasteiger partial charge on any atom is -0.337 e. The Labute approximate surface area is 131 Å². The third kappa shape index (κ3) is 2.88. The first-order valence-corrected chi connectivity index (χ1v) is 7.29. The molecule has 0 bridgehead atoms. The van der Waals surface area contributed by atoms with Crippen LogP contribution in [-0.2, 0) is 0 Å². The Morgan fingerprint density at radius 2 is 2.00 bits per heavy atom. The summed E-state index contributed by atoms with van der Waals surface area (Å²) in [7, 11) is 0. The minimum atomic E-state index is 0.520. The lowest BCUT2D eigenvalue weighted by Gasteiger charge is -1.96. The van der Waals surface area contributed by atoms with Crippen LogP contribution in [0.5, 0.6) is 0 Å². The number of hydrogen-bond donors (Lipinski definition) is 1. The fourth-order valence-electron chi connectivity index (χ4n) is 2.13.